The number of hydrogen-bond donors (Lipinski definition) is 3. The molecule has 1 fully saturated rings. The lowest BCUT2D eigenvalue weighted by Gasteiger charge is -2.28. The summed E-state index contributed by atoms with van der Waals surface area (Å²) in [5, 5.41) is 14.2. The third-order valence-electron chi connectivity index (χ3n) is 5.80. The van der Waals surface area contributed by atoms with Gasteiger partial charge < -0.3 is 25.8 Å². The number of carbonyl (C=O) groups is 1. The van der Waals surface area contributed by atoms with Crippen molar-refractivity contribution in [2.24, 2.45) is 0 Å². The van der Waals surface area contributed by atoms with E-state index in [1.807, 2.05) is 60.2 Å². The fourth-order valence-corrected chi connectivity index (χ4v) is 4.01. The lowest BCUT2D eigenvalue weighted by atomic mass is 10.1. The topological polar surface area (TPSA) is 103 Å². The van der Waals surface area contributed by atoms with Gasteiger partial charge >= 0.3 is 0 Å². The molecule has 0 atom stereocenters. The molecule has 0 aliphatic carbocycles. The fraction of sp³-hybridized carbons (Fsp3) is 0.360. The lowest BCUT2D eigenvalue weighted by Crippen LogP contribution is -2.31. The van der Waals surface area contributed by atoms with E-state index in [1.54, 1.807) is 12.4 Å². The third kappa shape index (κ3) is 7.27. The molecule has 36 heavy (non-hydrogen) atoms. The minimum absolute atomic E-state index is 0.193. The maximum atomic E-state index is 12.2. The van der Waals surface area contributed by atoms with Crippen LogP contribution >= 0.6 is 11.6 Å². The third-order valence-corrected chi connectivity index (χ3v) is 6.07. The van der Waals surface area contributed by atoms with Crippen molar-refractivity contribution in [2.75, 3.05) is 56.7 Å². The molecule has 1 aliphatic rings. The van der Waals surface area contributed by atoms with Gasteiger partial charge in [0.2, 0.25) is 11.9 Å². The quantitative estimate of drug-likeness (QED) is 0.370. The van der Waals surface area contributed by atoms with Gasteiger partial charge in [-0.05, 0) is 65.3 Å². The van der Waals surface area contributed by atoms with Crippen molar-refractivity contribution >= 4 is 46.3 Å². The Kier molecular flexibility index (Phi) is 8.52. The summed E-state index contributed by atoms with van der Waals surface area (Å²) in [6.45, 7) is 2.83. The zero-order valence-electron chi connectivity index (χ0n) is 20.8. The van der Waals surface area contributed by atoms with Crippen LogP contribution in [0.4, 0.5) is 28.8 Å². The Morgan fingerprint density at radius 1 is 1.17 bits per heavy atom. The first-order chi connectivity index (χ1) is 17.4. The van der Waals surface area contributed by atoms with Crippen molar-refractivity contribution in [3.63, 3.8) is 0 Å². The number of halogens is 1. The Bertz CT molecular complexity index is 1200. The Morgan fingerprint density at radius 3 is 2.72 bits per heavy atom. The SMILES string of the molecule is CN(C)CC=CC(=O)Nc1cccc(Nc2nc(Nc3cnn(C4CCN(C)CC4)c3)ncc2Cl)c1. The Hall–Kier alpha value is -3.47. The molecule has 190 valence electrons. The number of carbonyl (C=O) groups excluding carboxylic acids is 1. The molecule has 2 aromatic heterocycles. The van der Waals surface area contributed by atoms with Crippen molar-refractivity contribution in [1.82, 2.24) is 29.5 Å². The molecule has 3 heterocycles. The van der Waals surface area contributed by atoms with Gasteiger partial charge in [0.05, 0.1) is 24.1 Å². The summed E-state index contributed by atoms with van der Waals surface area (Å²) in [7, 11) is 6.03. The molecular weight excluding hydrogens is 478 g/mol. The molecule has 1 aliphatic heterocycles. The van der Waals surface area contributed by atoms with E-state index in [0.29, 0.717) is 35.1 Å². The van der Waals surface area contributed by atoms with Crippen molar-refractivity contribution in [3.8, 4) is 0 Å². The molecule has 0 radical (unpaired) electrons. The van der Waals surface area contributed by atoms with Gasteiger partial charge in [-0.2, -0.15) is 10.1 Å². The molecule has 3 aromatic rings. The van der Waals surface area contributed by atoms with Crippen molar-refractivity contribution in [1.29, 1.82) is 0 Å². The molecule has 0 bridgehead atoms. The normalized spacial score (nSPS) is 14.9. The van der Waals surface area contributed by atoms with Crippen LogP contribution in [0.3, 0.4) is 0 Å². The molecule has 1 amide bonds. The largest absolute Gasteiger partial charge is 0.339 e. The van der Waals surface area contributed by atoms with Crippen LogP contribution in [-0.2, 0) is 4.79 Å². The van der Waals surface area contributed by atoms with Crippen LogP contribution in [0.2, 0.25) is 5.02 Å². The lowest BCUT2D eigenvalue weighted by molar-refractivity contribution is -0.111. The van der Waals surface area contributed by atoms with E-state index < -0.39 is 0 Å². The number of benzene rings is 1. The summed E-state index contributed by atoms with van der Waals surface area (Å²) in [5.41, 5.74) is 2.20. The van der Waals surface area contributed by atoms with Gasteiger partial charge in [-0.3, -0.25) is 9.48 Å². The van der Waals surface area contributed by atoms with Gasteiger partial charge in [0, 0.05) is 30.2 Å². The number of anilines is 5. The number of nitrogens with one attached hydrogen (secondary N) is 3. The first-order valence-corrected chi connectivity index (χ1v) is 12.2. The molecule has 1 saturated heterocycles. The van der Waals surface area contributed by atoms with E-state index in [0.717, 1.165) is 37.3 Å². The van der Waals surface area contributed by atoms with Crippen LogP contribution in [0, 0.1) is 0 Å². The highest BCUT2D eigenvalue weighted by Gasteiger charge is 2.19. The summed E-state index contributed by atoms with van der Waals surface area (Å²) < 4.78 is 2.01. The maximum Gasteiger partial charge on any atom is 0.248 e. The molecular formula is C25H32ClN9O. The van der Waals surface area contributed by atoms with E-state index >= 15 is 0 Å². The summed E-state index contributed by atoms with van der Waals surface area (Å²) in [5.74, 6) is 0.660. The molecule has 1 aromatic carbocycles. The highest BCUT2D eigenvalue weighted by molar-refractivity contribution is 6.32. The number of amides is 1. The standard InChI is InChI=1S/C25H32ClN9O/c1-33(2)11-5-8-23(36)29-18-6-4-7-19(14-18)30-24-22(26)16-27-25(32-24)31-20-15-28-35(17-20)21-9-12-34(3)13-10-21/h4-8,14-17,21H,9-13H2,1-3H3,(H,29,36)(H2,27,30,31,32). The number of rotatable bonds is 9. The van der Waals surface area contributed by atoms with Crippen LogP contribution in [0.1, 0.15) is 18.9 Å². The van der Waals surface area contributed by atoms with Crippen LogP contribution in [0.15, 0.2) is 55.0 Å². The first-order valence-electron chi connectivity index (χ1n) is 11.9. The first kappa shape index (κ1) is 25.6. The van der Waals surface area contributed by atoms with Gasteiger partial charge in [-0.25, -0.2) is 4.98 Å². The molecule has 0 saturated carbocycles. The van der Waals surface area contributed by atoms with Crippen LogP contribution in [0.5, 0.6) is 0 Å². The number of nitrogens with zero attached hydrogens (tertiary/aromatic N) is 6. The van der Waals surface area contributed by atoms with E-state index in [1.165, 1.54) is 6.08 Å². The van der Waals surface area contributed by atoms with Gasteiger partial charge in [-0.1, -0.05) is 23.7 Å². The predicted octanol–water partition coefficient (Wildman–Crippen LogP) is 4.14. The zero-order chi connectivity index (χ0) is 25.5. The number of piperidine rings is 1. The zero-order valence-corrected chi connectivity index (χ0v) is 21.5. The van der Waals surface area contributed by atoms with Crippen LogP contribution in [-0.4, -0.2) is 76.2 Å². The van der Waals surface area contributed by atoms with Gasteiger partial charge in [0.1, 0.15) is 5.02 Å². The second kappa shape index (κ2) is 12.0. The summed E-state index contributed by atoms with van der Waals surface area (Å²) >= 11 is 6.35. The van der Waals surface area contributed by atoms with Crippen LogP contribution in [0.25, 0.3) is 0 Å². The molecule has 11 heteroatoms. The summed E-state index contributed by atoms with van der Waals surface area (Å²) in [6, 6.07) is 7.74. The molecule has 3 N–H and O–H groups in total. The molecule has 0 unspecified atom stereocenters. The Labute approximate surface area is 216 Å². The van der Waals surface area contributed by atoms with Crippen molar-refractivity contribution in [2.45, 2.75) is 18.9 Å². The van der Waals surface area contributed by atoms with E-state index in [4.69, 9.17) is 11.6 Å². The second-order valence-corrected chi connectivity index (χ2v) is 9.53. The maximum absolute atomic E-state index is 12.2. The number of likely N-dealkylation sites (N-methyl/N-ethyl adjacent to an activating group) is 1. The van der Waals surface area contributed by atoms with Crippen molar-refractivity contribution in [3.05, 3.63) is 60.0 Å². The Balaban J connectivity index is 1.39. The summed E-state index contributed by atoms with van der Waals surface area (Å²) in [4.78, 5) is 25.3. The van der Waals surface area contributed by atoms with Gasteiger partial charge in [0.25, 0.3) is 0 Å². The molecule has 4 rings (SSSR count). The van der Waals surface area contributed by atoms with E-state index in [-0.39, 0.29) is 5.91 Å². The highest BCUT2D eigenvalue weighted by Crippen LogP contribution is 2.27. The monoisotopic (exact) mass is 509 g/mol. The predicted molar refractivity (Wildman–Crippen MR) is 144 cm³/mol. The number of aromatic nitrogens is 4. The molecule has 0 spiro atoms. The second-order valence-electron chi connectivity index (χ2n) is 9.12. The number of hydrogen-bond acceptors (Lipinski definition) is 8. The van der Waals surface area contributed by atoms with E-state index in [9.17, 15) is 4.79 Å². The highest BCUT2D eigenvalue weighted by atomic mass is 35.5. The molecule has 10 nitrogen and oxygen atoms in total. The minimum atomic E-state index is -0.193. The minimum Gasteiger partial charge on any atom is -0.339 e. The summed E-state index contributed by atoms with van der Waals surface area (Å²) in [6.07, 6.45) is 10.8. The van der Waals surface area contributed by atoms with Gasteiger partial charge in [0.15, 0.2) is 5.82 Å². The Morgan fingerprint density at radius 2 is 1.94 bits per heavy atom. The van der Waals surface area contributed by atoms with E-state index in [2.05, 4.69) is 43.0 Å². The van der Waals surface area contributed by atoms with Crippen molar-refractivity contribution < 1.29 is 4.79 Å². The average molecular weight is 510 g/mol. The average Bonchev–Trinajstić information content (AvgIpc) is 3.30. The smallest absolute Gasteiger partial charge is 0.248 e. The van der Waals surface area contributed by atoms with Crippen LogP contribution < -0.4 is 16.0 Å². The fourth-order valence-electron chi connectivity index (χ4n) is 3.87. The van der Waals surface area contributed by atoms with Gasteiger partial charge in [-0.15, -0.1) is 0 Å². The number of likely N-dealkylation sites (tertiary alicyclic amines) is 1.